The standard InChI is InChI=1S/C29H32ClN5O5.ClH/c30-20-13-14-21(19-11-5-4-10-18(19)20)33-27(37)22(12-6-7-15-31)34-28(38)24-25(40-24)29(39)35-23(26(32)36)16-17-8-2-1-3-9-17;/h1-5,8-11,13-14,22-25H,6-7,12,15-16,31H2,(H2,32,36)(H,33,37)(H,34,38)(H,35,39);1H/t22-,23-,24?,25?;/m0./s1. The van der Waals surface area contributed by atoms with E-state index >= 15 is 0 Å². The summed E-state index contributed by atoms with van der Waals surface area (Å²) in [6.07, 6.45) is -0.369. The van der Waals surface area contributed by atoms with E-state index in [1.807, 2.05) is 54.6 Å². The zero-order valence-corrected chi connectivity index (χ0v) is 23.8. The van der Waals surface area contributed by atoms with Crippen LogP contribution < -0.4 is 27.4 Å². The first-order chi connectivity index (χ1) is 19.3. The molecule has 2 unspecified atom stereocenters. The average Bonchev–Trinajstić information content (AvgIpc) is 3.76. The highest BCUT2D eigenvalue weighted by atomic mass is 35.5. The van der Waals surface area contributed by atoms with Crippen LogP contribution in [0.5, 0.6) is 0 Å². The van der Waals surface area contributed by atoms with Crippen molar-refractivity contribution < 1.29 is 23.9 Å². The van der Waals surface area contributed by atoms with Gasteiger partial charge >= 0.3 is 0 Å². The number of halogens is 2. The molecule has 0 aliphatic carbocycles. The highest BCUT2D eigenvalue weighted by Crippen LogP contribution is 2.30. The number of fused-ring (bicyclic) bond motifs is 1. The number of carbonyl (C=O) groups excluding carboxylic acids is 4. The fourth-order valence-corrected chi connectivity index (χ4v) is 4.67. The van der Waals surface area contributed by atoms with Crippen molar-refractivity contribution in [3.05, 3.63) is 77.3 Å². The number of unbranched alkanes of at least 4 members (excludes halogenated alkanes) is 1. The van der Waals surface area contributed by atoms with Gasteiger partial charge in [0.2, 0.25) is 11.8 Å². The predicted molar refractivity (Wildman–Crippen MR) is 160 cm³/mol. The van der Waals surface area contributed by atoms with E-state index in [9.17, 15) is 19.2 Å². The summed E-state index contributed by atoms with van der Waals surface area (Å²) in [5.74, 6) is -2.36. The van der Waals surface area contributed by atoms with Crippen molar-refractivity contribution in [2.45, 2.75) is 50.0 Å². The molecule has 1 aliphatic heterocycles. The second-order valence-corrected chi connectivity index (χ2v) is 10.0. The number of primary amides is 1. The van der Waals surface area contributed by atoms with Gasteiger partial charge < -0.3 is 32.2 Å². The SMILES string of the molecule is Cl.NCCCC[C@H](NC(=O)C1OC1C(=O)N[C@@H](Cc1ccccc1)C(N)=O)C(=O)Nc1ccc(Cl)c2ccccc12. The molecule has 218 valence electrons. The Balaban J connectivity index is 0.00000462. The first-order valence-electron chi connectivity index (χ1n) is 13.1. The molecule has 1 heterocycles. The van der Waals surface area contributed by atoms with E-state index in [0.29, 0.717) is 36.5 Å². The Morgan fingerprint density at radius 2 is 1.44 bits per heavy atom. The van der Waals surface area contributed by atoms with E-state index in [2.05, 4.69) is 16.0 Å². The fraction of sp³-hybridized carbons (Fsp3) is 0.310. The van der Waals surface area contributed by atoms with Crippen LogP contribution in [0.1, 0.15) is 24.8 Å². The maximum atomic E-state index is 13.3. The van der Waals surface area contributed by atoms with Crippen LogP contribution in [0, 0.1) is 0 Å². The number of carbonyl (C=O) groups is 4. The number of ether oxygens (including phenoxy) is 1. The molecule has 4 rings (SSSR count). The number of amides is 4. The minimum Gasteiger partial charge on any atom is -0.368 e. The van der Waals surface area contributed by atoms with Crippen molar-refractivity contribution in [1.82, 2.24) is 10.6 Å². The van der Waals surface area contributed by atoms with E-state index in [1.165, 1.54) is 0 Å². The number of nitrogens with two attached hydrogens (primary N) is 2. The molecule has 10 nitrogen and oxygen atoms in total. The van der Waals surface area contributed by atoms with Gasteiger partial charge in [-0.05, 0) is 43.5 Å². The molecular formula is C29H33Cl2N5O5. The summed E-state index contributed by atoms with van der Waals surface area (Å²) >= 11 is 6.30. The predicted octanol–water partition coefficient (Wildman–Crippen LogP) is 2.45. The Labute approximate surface area is 248 Å². The van der Waals surface area contributed by atoms with Crippen LogP contribution in [0.25, 0.3) is 10.8 Å². The summed E-state index contributed by atoms with van der Waals surface area (Å²) in [5, 5.41) is 10.3. The summed E-state index contributed by atoms with van der Waals surface area (Å²) in [7, 11) is 0. The number of benzene rings is 3. The lowest BCUT2D eigenvalue weighted by molar-refractivity contribution is -0.128. The van der Waals surface area contributed by atoms with Gasteiger partial charge in [0.05, 0.1) is 0 Å². The fourth-order valence-electron chi connectivity index (χ4n) is 4.44. The van der Waals surface area contributed by atoms with Crippen molar-refractivity contribution in [1.29, 1.82) is 0 Å². The number of hydrogen-bond donors (Lipinski definition) is 5. The summed E-state index contributed by atoms with van der Waals surface area (Å²) in [5.41, 5.74) is 12.5. The Morgan fingerprint density at radius 1 is 0.829 bits per heavy atom. The smallest absolute Gasteiger partial charge is 0.253 e. The van der Waals surface area contributed by atoms with E-state index in [0.717, 1.165) is 16.3 Å². The molecule has 3 aromatic rings. The van der Waals surface area contributed by atoms with Crippen LogP contribution in [0.15, 0.2) is 66.7 Å². The van der Waals surface area contributed by atoms with Crippen LogP contribution in [0.4, 0.5) is 5.69 Å². The maximum absolute atomic E-state index is 13.3. The van der Waals surface area contributed by atoms with Crippen molar-refractivity contribution in [3.63, 3.8) is 0 Å². The van der Waals surface area contributed by atoms with Crippen LogP contribution >= 0.6 is 24.0 Å². The van der Waals surface area contributed by atoms with Gasteiger partial charge in [0.15, 0.2) is 12.2 Å². The van der Waals surface area contributed by atoms with Gasteiger partial charge in [-0.15, -0.1) is 12.4 Å². The molecule has 0 saturated carbocycles. The van der Waals surface area contributed by atoms with Gasteiger partial charge in [-0.2, -0.15) is 0 Å². The number of nitrogens with one attached hydrogen (secondary N) is 3. The molecule has 0 bridgehead atoms. The summed E-state index contributed by atoms with van der Waals surface area (Å²) in [6, 6.07) is 18.0. The molecular weight excluding hydrogens is 569 g/mol. The molecule has 0 radical (unpaired) electrons. The molecule has 4 atom stereocenters. The van der Waals surface area contributed by atoms with Gasteiger partial charge in [0.25, 0.3) is 11.8 Å². The van der Waals surface area contributed by atoms with Gasteiger partial charge in [-0.1, -0.05) is 66.2 Å². The van der Waals surface area contributed by atoms with Crippen molar-refractivity contribution in [2.24, 2.45) is 11.5 Å². The van der Waals surface area contributed by atoms with Crippen LogP contribution in [0.2, 0.25) is 5.02 Å². The Hall–Kier alpha value is -3.70. The minimum atomic E-state index is -1.09. The zero-order valence-electron chi connectivity index (χ0n) is 22.2. The normalized spacial score (nSPS) is 17.0. The molecule has 1 saturated heterocycles. The molecule has 7 N–H and O–H groups in total. The number of anilines is 1. The third kappa shape index (κ3) is 8.40. The molecule has 1 fully saturated rings. The Morgan fingerprint density at radius 3 is 2.07 bits per heavy atom. The third-order valence-electron chi connectivity index (χ3n) is 6.66. The molecule has 0 aromatic heterocycles. The second kappa shape index (κ2) is 14.8. The quantitative estimate of drug-likeness (QED) is 0.149. The van der Waals surface area contributed by atoms with Gasteiger partial charge in [0.1, 0.15) is 12.1 Å². The zero-order chi connectivity index (χ0) is 28.6. The average molecular weight is 603 g/mol. The van der Waals surface area contributed by atoms with Crippen LogP contribution in [-0.2, 0) is 30.3 Å². The van der Waals surface area contributed by atoms with Crippen molar-refractivity contribution >= 4 is 64.1 Å². The lowest BCUT2D eigenvalue weighted by atomic mass is 10.0. The number of hydrogen-bond acceptors (Lipinski definition) is 6. The first-order valence-corrected chi connectivity index (χ1v) is 13.4. The largest absolute Gasteiger partial charge is 0.368 e. The topological polar surface area (TPSA) is 169 Å². The molecule has 41 heavy (non-hydrogen) atoms. The number of rotatable bonds is 13. The highest BCUT2D eigenvalue weighted by molar-refractivity contribution is 6.36. The Kier molecular flexibility index (Phi) is 11.5. The lowest BCUT2D eigenvalue weighted by Gasteiger charge is -2.19. The van der Waals surface area contributed by atoms with Crippen molar-refractivity contribution in [2.75, 3.05) is 11.9 Å². The van der Waals surface area contributed by atoms with E-state index in [1.54, 1.807) is 12.1 Å². The summed E-state index contributed by atoms with van der Waals surface area (Å²) < 4.78 is 5.32. The monoisotopic (exact) mass is 601 g/mol. The van der Waals surface area contributed by atoms with E-state index < -0.39 is 47.9 Å². The minimum absolute atomic E-state index is 0. The van der Waals surface area contributed by atoms with E-state index in [-0.39, 0.29) is 18.8 Å². The Bertz CT molecular complexity index is 1390. The van der Waals surface area contributed by atoms with Crippen molar-refractivity contribution in [3.8, 4) is 0 Å². The van der Waals surface area contributed by atoms with Gasteiger partial charge in [-0.25, -0.2) is 0 Å². The van der Waals surface area contributed by atoms with E-state index in [4.69, 9.17) is 27.8 Å². The summed E-state index contributed by atoms with van der Waals surface area (Å²) in [6.45, 7) is 0.447. The van der Waals surface area contributed by atoms with Gasteiger partial charge in [-0.3, -0.25) is 19.2 Å². The van der Waals surface area contributed by atoms with Crippen LogP contribution in [-0.4, -0.2) is 54.5 Å². The third-order valence-corrected chi connectivity index (χ3v) is 6.99. The molecule has 3 aromatic carbocycles. The van der Waals surface area contributed by atoms with Crippen LogP contribution in [0.3, 0.4) is 0 Å². The molecule has 4 amide bonds. The molecule has 1 aliphatic rings. The van der Waals surface area contributed by atoms with Gasteiger partial charge in [0, 0.05) is 27.9 Å². The highest BCUT2D eigenvalue weighted by Gasteiger charge is 2.51. The lowest BCUT2D eigenvalue weighted by Crippen LogP contribution is -2.49. The summed E-state index contributed by atoms with van der Waals surface area (Å²) in [4.78, 5) is 50.9. The molecule has 12 heteroatoms. The maximum Gasteiger partial charge on any atom is 0.253 e. The molecule has 0 spiro atoms. The first kappa shape index (κ1) is 31.8. The second-order valence-electron chi connectivity index (χ2n) is 9.61. The number of epoxide rings is 1.